The highest BCUT2D eigenvalue weighted by Gasteiger charge is 2.38. The molecule has 5 aromatic rings. The summed E-state index contributed by atoms with van der Waals surface area (Å²) in [4.78, 5) is 130. The minimum Gasteiger partial charge on any atom is -0.480 e. The normalized spacial score (nSPS) is 18.8. The summed E-state index contributed by atoms with van der Waals surface area (Å²) < 4.78 is 27.6. The van der Waals surface area contributed by atoms with Crippen LogP contribution in [-0.2, 0) is 51.1 Å². The average Bonchev–Trinajstić information content (AvgIpc) is 0.860. The lowest BCUT2D eigenvalue weighted by Gasteiger charge is -2.39. The molecule has 14 N–H and O–H groups in total. The van der Waals surface area contributed by atoms with Crippen LogP contribution in [0, 0.1) is 11.8 Å². The van der Waals surface area contributed by atoms with Crippen molar-refractivity contribution < 1.29 is 69.3 Å². The number of aromatic amines is 1. The minimum atomic E-state index is -1.60. The van der Waals surface area contributed by atoms with Gasteiger partial charge in [0, 0.05) is 61.0 Å². The van der Waals surface area contributed by atoms with E-state index < -0.39 is 96.4 Å². The fraction of sp³-hybridized carbons (Fsp3) is 0.437. The highest BCUT2D eigenvalue weighted by molar-refractivity contribution is 5.97. The lowest BCUT2D eigenvalue weighted by atomic mass is 9.87. The van der Waals surface area contributed by atoms with Gasteiger partial charge in [-0.2, -0.15) is 4.98 Å². The van der Waals surface area contributed by atoms with Crippen LogP contribution in [0.5, 0.6) is 0 Å². The van der Waals surface area contributed by atoms with E-state index in [0.29, 0.717) is 52.9 Å². The number of aliphatic carboxylic acids is 2. The Balaban J connectivity index is 0.875. The summed E-state index contributed by atoms with van der Waals surface area (Å²) in [5.74, 6) is -6.37. The Hall–Kier alpha value is -10.7. The van der Waals surface area contributed by atoms with Gasteiger partial charge in [0.05, 0.1) is 67.0 Å². The van der Waals surface area contributed by atoms with Gasteiger partial charge in [-0.25, -0.2) is 33.8 Å². The Kier molecular flexibility index (Phi) is 29.5. The standard InChI is InChI=1S/C71H91N15O15/c1-6-13-58-45(5)57(87)38-59(101-58)53(18-11-14-42(2)36-44(4)37-43(3)20-29-52-15-12-19-61(89)100-52)81-71(98)99-35-32-49-41-86(85-84-49)51-27-23-46(24-28-51)64(90)74-34-10-8-16-54(66(92)80-55(68(94)95)17-7-9-33-72)78-60(88)31-30-56(69(96)97)79-65(91)47-21-25-48(26-22-47)75-39-50-40-76-63-62(77-50)67(93)83-70(73)82-63/h6,11-14,18-29,37,40-41,44-45,52-59,75,87H,7-10,15-17,30-36,38-39,72H2,1-5H3,(H,74,90)(H,78,88)(H,79,91)(H,80,92)(H,81,98)(H,94,95)(H,96,97)(H3,73,76,82,83,93)/b13-6+,18-11+,29-20+,42-14+,43-37-/t44-,45+,52-,53-,54+,55+,56+,57-,58+,59+/m1/s1/i/hD. The monoisotopic (exact) mass is 1390 g/mol. The van der Waals surface area contributed by atoms with Gasteiger partial charge in [-0.05, 0) is 139 Å². The Bertz CT molecular complexity index is 3970. The number of nitrogens with two attached hydrogens (primary N) is 2. The molecule has 1 saturated heterocycles. The van der Waals surface area contributed by atoms with Crippen LogP contribution in [0.15, 0.2) is 138 Å². The molecule has 5 amide bonds. The second-order valence-electron chi connectivity index (χ2n) is 24.8. The van der Waals surface area contributed by atoms with Gasteiger partial charge < -0.3 is 72.9 Å². The van der Waals surface area contributed by atoms with E-state index in [2.05, 4.69) is 69.8 Å². The number of benzene rings is 2. The van der Waals surface area contributed by atoms with E-state index in [1.54, 1.807) is 48.7 Å². The molecule has 0 aliphatic carbocycles. The first-order valence-corrected chi connectivity index (χ1v) is 33.6. The number of aliphatic hydroxyl groups excluding tert-OH is 1. The van der Waals surface area contributed by atoms with E-state index in [0.717, 1.165) is 17.6 Å². The molecule has 7 rings (SSSR count). The summed E-state index contributed by atoms with van der Waals surface area (Å²) in [6.45, 7) is 10.4. The topological polar surface area (TPSA) is 451 Å². The van der Waals surface area contributed by atoms with Gasteiger partial charge in [0.15, 0.2) is 12.6 Å². The summed E-state index contributed by atoms with van der Waals surface area (Å²) in [7, 11) is 0. The quantitative estimate of drug-likeness (QED) is 0.0101. The summed E-state index contributed by atoms with van der Waals surface area (Å²) >= 11 is 0. The number of carboxylic acid groups (broad SMARTS) is 2. The Labute approximate surface area is 585 Å². The zero-order valence-corrected chi connectivity index (χ0v) is 57.2. The number of alkyl carbamates (subject to hydrolysis) is 1. The fourth-order valence-corrected chi connectivity index (χ4v) is 11.1. The third-order valence-electron chi connectivity index (χ3n) is 16.6. The van der Waals surface area contributed by atoms with E-state index in [9.17, 15) is 58.5 Å². The van der Waals surface area contributed by atoms with Crippen molar-refractivity contribution in [3.05, 3.63) is 166 Å². The third kappa shape index (κ3) is 25.2. The van der Waals surface area contributed by atoms with E-state index in [1.807, 2.05) is 70.2 Å². The Morgan fingerprint density at radius 2 is 1.60 bits per heavy atom. The molecule has 1 fully saturated rings. The largest absolute Gasteiger partial charge is 0.480 e. The number of unbranched alkanes of at least 4 members (excludes halogenated alkanes) is 2. The van der Waals surface area contributed by atoms with Crippen LogP contribution in [0.25, 0.3) is 16.9 Å². The van der Waals surface area contributed by atoms with Gasteiger partial charge in [-0.1, -0.05) is 78.8 Å². The van der Waals surface area contributed by atoms with Gasteiger partial charge in [0.25, 0.3) is 17.4 Å². The van der Waals surface area contributed by atoms with Crippen molar-refractivity contribution >= 4 is 70.4 Å². The molecular weight excluding hydrogens is 1300 g/mol. The molecule has 0 spiro atoms. The van der Waals surface area contributed by atoms with Crippen LogP contribution >= 0.6 is 0 Å². The van der Waals surface area contributed by atoms with Crippen LogP contribution in [0.3, 0.4) is 0 Å². The van der Waals surface area contributed by atoms with Crippen molar-refractivity contribution in [2.75, 3.05) is 30.7 Å². The molecule has 30 heteroatoms. The number of aliphatic hydroxyl groups is 1. The molecular formula is C71H91N15O15. The van der Waals surface area contributed by atoms with Crippen molar-refractivity contribution in [1.82, 2.24) is 61.5 Å². The predicted octanol–water partition coefficient (Wildman–Crippen LogP) is 5.51. The highest BCUT2D eigenvalue weighted by atomic mass is 16.6. The van der Waals surface area contributed by atoms with E-state index in [4.69, 9.17) is 27.1 Å². The number of aromatic nitrogens is 7. The number of nitrogens with zero attached hydrogens (tertiary/aromatic N) is 6. The SMILES string of the molecule is [2H]N(C(=O)CC[C@H](NC(=O)c1ccc(NCc2cnc3nc(N)[nH]c(=O)c3n2)cc1)C(=O)O)[C@@H](CCCCNC(=O)c1ccc(-n2cc(CCOC(=O)N[C@H](/C=C/C=C(\C)C[C@@H](C)/C=C(C)\C=C\[C@H]3CC=CC(=O)O3)[C@@H]3C[C@@H](O)[C@H](C)[C@H](/C=C/C)O3)nn2)cc1)C(=O)N[C@@H](CCCCN)C(=O)O. The molecule has 2 aliphatic heterocycles. The van der Waals surface area contributed by atoms with Crippen LogP contribution in [0.2, 0.25) is 1.41 Å². The number of carbonyl (C=O) groups excluding carboxylic acids is 6. The zero-order valence-electron chi connectivity index (χ0n) is 58.2. The number of carbonyl (C=O) groups is 8. The molecule has 2 aliphatic rings. The number of carboxylic acids is 2. The molecule has 101 heavy (non-hydrogen) atoms. The van der Waals surface area contributed by atoms with Crippen molar-refractivity contribution in [3.8, 4) is 5.69 Å². The third-order valence-corrected chi connectivity index (χ3v) is 16.6. The number of anilines is 2. The van der Waals surface area contributed by atoms with E-state index in [1.165, 1.54) is 29.1 Å². The number of amides is 5. The maximum absolute atomic E-state index is 13.8. The first-order valence-electron chi connectivity index (χ1n) is 34.0. The lowest BCUT2D eigenvalue weighted by molar-refractivity contribution is -0.142. The number of nitrogens with one attached hydrogen (secondary N) is 7. The van der Waals surface area contributed by atoms with Gasteiger partial charge in [-0.15, -0.1) is 5.10 Å². The Morgan fingerprint density at radius 3 is 2.33 bits per heavy atom. The van der Waals surface area contributed by atoms with Gasteiger partial charge in [-0.3, -0.25) is 29.0 Å². The molecule has 3 aromatic heterocycles. The summed E-state index contributed by atoms with van der Waals surface area (Å²) in [5.41, 5.74) is 15.2. The maximum atomic E-state index is 13.8. The summed E-state index contributed by atoms with van der Waals surface area (Å²) in [5, 5.41) is 53.5. The van der Waals surface area contributed by atoms with E-state index >= 15 is 0 Å². The number of ether oxygens (including phenoxy) is 3. The number of hydrogen-bond acceptors (Lipinski definition) is 21. The van der Waals surface area contributed by atoms with E-state index in [-0.39, 0.29) is 117 Å². The van der Waals surface area contributed by atoms with Crippen LogP contribution in [0.1, 0.15) is 137 Å². The van der Waals surface area contributed by atoms with Crippen molar-refractivity contribution in [1.29, 1.82) is 0 Å². The van der Waals surface area contributed by atoms with Gasteiger partial charge >= 0.3 is 24.0 Å². The predicted molar refractivity (Wildman–Crippen MR) is 375 cm³/mol. The Morgan fingerprint density at radius 1 is 0.891 bits per heavy atom. The van der Waals surface area contributed by atoms with Gasteiger partial charge in [0.1, 0.15) is 24.2 Å². The van der Waals surface area contributed by atoms with Crippen molar-refractivity contribution in [2.24, 2.45) is 17.6 Å². The van der Waals surface area contributed by atoms with Gasteiger partial charge in [0.2, 0.25) is 17.8 Å². The number of rotatable bonds is 37. The minimum absolute atomic E-state index is 0.00600. The second kappa shape index (κ2) is 39.2. The molecule has 540 valence electrons. The first kappa shape index (κ1) is 76.0. The molecule has 30 nitrogen and oxygen atoms in total. The number of cyclic esters (lactones) is 1. The maximum Gasteiger partial charge on any atom is 0.407 e. The number of hydrogen-bond donors (Lipinski definition) is 12. The van der Waals surface area contributed by atoms with Crippen LogP contribution in [0.4, 0.5) is 16.4 Å². The molecule has 5 heterocycles. The number of allylic oxidation sites excluding steroid dienone is 7. The number of H-pyrrole nitrogens is 1. The highest BCUT2D eigenvalue weighted by Crippen LogP contribution is 2.29. The van der Waals surface area contributed by atoms with Crippen LogP contribution < -0.4 is 48.9 Å². The van der Waals surface area contributed by atoms with Crippen molar-refractivity contribution in [2.45, 2.75) is 167 Å². The molecule has 10 atom stereocenters. The number of fused-ring (bicyclic) bond motifs is 1. The molecule has 0 unspecified atom stereocenters. The summed E-state index contributed by atoms with van der Waals surface area (Å²) in [6, 6.07) is 7.26. The molecule has 0 bridgehead atoms. The summed E-state index contributed by atoms with van der Waals surface area (Å²) in [6.07, 6.45) is 21.1. The van der Waals surface area contributed by atoms with Crippen LogP contribution in [-0.4, -0.2) is 166 Å². The fourth-order valence-electron chi connectivity index (χ4n) is 11.1. The number of esters is 1. The molecule has 0 radical (unpaired) electrons. The molecule has 2 aromatic carbocycles. The first-order chi connectivity index (χ1) is 48.9. The van der Waals surface area contributed by atoms with Crippen molar-refractivity contribution in [3.63, 3.8) is 0 Å². The lowest BCUT2D eigenvalue weighted by Crippen LogP contribution is -2.52. The average molecular weight is 1400 g/mol. The molecule has 0 saturated carbocycles. The smallest absolute Gasteiger partial charge is 0.407 e. The second-order valence-corrected chi connectivity index (χ2v) is 24.8. The zero-order chi connectivity index (χ0) is 73.8. The number of nitrogen functional groups attached to an aromatic ring is 1.